The Labute approximate surface area is 234 Å². The van der Waals surface area contributed by atoms with E-state index in [4.69, 9.17) is 0 Å². The molecule has 0 heterocycles. The first-order valence-corrected chi connectivity index (χ1v) is 13.1. The first kappa shape index (κ1) is 24.6. The molecule has 0 aliphatic heterocycles. The second-order valence-corrected chi connectivity index (χ2v) is 9.67. The Morgan fingerprint density at radius 2 is 0.775 bits per heavy atom. The Bertz CT molecular complexity index is 1890. The molecule has 0 spiro atoms. The fourth-order valence-corrected chi connectivity index (χ4v) is 5.08. The monoisotopic (exact) mass is 508 g/mol. The number of benzene rings is 6. The van der Waals surface area contributed by atoms with Crippen LogP contribution in [0.25, 0.3) is 55.6 Å². The third kappa shape index (κ3) is 5.03. The van der Waals surface area contributed by atoms with Crippen LogP contribution in [0.1, 0.15) is 11.1 Å². The van der Waals surface area contributed by atoms with E-state index in [1.165, 1.54) is 0 Å². The van der Waals surface area contributed by atoms with Crippen molar-refractivity contribution in [3.8, 4) is 67.8 Å². The molecule has 6 aromatic carbocycles. The zero-order valence-electron chi connectivity index (χ0n) is 21.8. The van der Waals surface area contributed by atoms with Crippen molar-refractivity contribution in [2.24, 2.45) is 0 Å². The molecule has 2 heteroatoms. The van der Waals surface area contributed by atoms with E-state index in [-0.39, 0.29) is 0 Å². The summed E-state index contributed by atoms with van der Waals surface area (Å²) in [5, 5.41) is 19.6. The van der Waals surface area contributed by atoms with Crippen molar-refractivity contribution in [2.45, 2.75) is 0 Å². The molecule has 0 amide bonds. The molecule has 6 rings (SSSR count). The number of rotatable bonds is 5. The predicted octanol–water partition coefficient (Wildman–Crippen LogP) is 9.76. The van der Waals surface area contributed by atoms with Gasteiger partial charge >= 0.3 is 0 Å². The van der Waals surface area contributed by atoms with E-state index >= 15 is 0 Å². The van der Waals surface area contributed by atoms with Gasteiger partial charge in [0, 0.05) is 0 Å². The van der Waals surface area contributed by atoms with Crippen molar-refractivity contribution in [2.75, 3.05) is 0 Å². The number of hydrogen-bond acceptors (Lipinski definition) is 2. The quantitative estimate of drug-likeness (QED) is 0.233. The topological polar surface area (TPSA) is 47.6 Å². The van der Waals surface area contributed by atoms with E-state index in [1.54, 1.807) is 0 Å². The van der Waals surface area contributed by atoms with E-state index in [9.17, 15) is 10.5 Å². The van der Waals surface area contributed by atoms with Gasteiger partial charge < -0.3 is 0 Å². The molecular weight excluding hydrogens is 484 g/mol. The standard InChI is InChI=1S/C38H24N2/c39-25-27-20-35(29-10-5-2-6-11-29)24-36(21-27)31-16-14-30(15-17-31)33-18-19-38(37(23-33)26-40)34-13-7-12-32(22-34)28-8-3-1-4-9-28/h1-24H. The number of hydrogen-bond donors (Lipinski definition) is 0. The van der Waals surface area contributed by atoms with Crippen molar-refractivity contribution >= 4 is 0 Å². The van der Waals surface area contributed by atoms with E-state index < -0.39 is 0 Å². The minimum absolute atomic E-state index is 0.631. The molecule has 186 valence electrons. The third-order valence-electron chi connectivity index (χ3n) is 7.14. The van der Waals surface area contributed by atoms with Crippen molar-refractivity contribution in [1.29, 1.82) is 10.5 Å². The van der Waals surface area contributed by atoms with Gasteiger partial charge in [0.25, 0.3) is 0 Å². The summed E-state index contributed by atoms with van der Waals surface area (Å²) in [6.45, 7) is 0. The first-order valence-electron chi connectivity index (χ1n) is 13.1. The highest BCUT2D eigenvalue weighted by Gasteiger charge is 2.10. The molecule has 0 saturated carbocycles. The maximum atomic E-state index is 10.0. The molecular formula is C38H24N2. The summed E-state index contributed by atoms with van der Waals surface area (Å²) in [7, 11) is 0. The minimum atomic E-state index is 0.631. The van der Waals surface area contributed by atoms with Crippen LogP contribution in [0, 0.1) is 22.7 Å². The van der Waals surface area contributed by atoms with Gasteiger partial charge in [-0.25, -0.2) is 0 Å². The molecule has 0 aliphatic carbocycles. The number of nitriles is 2. The molecule has 6 aromatic rings. The Morgan fingerprint density at radius 3 is 1.38 bits per heavy atom. The summed E-state index contributed by atoms with van der Waals surface area (Å²) >= 11 is 0. The highest BCUT2D eigenvalue weighted by molar-refractivity contribution is 5.81. The smallest absolute Gasteiger partial charge is 0.0998 e. The van der Waals surface area contributed by atoms with Gasteiger partial charge in [0.1, 0.15) is 0 Å². The molecule has 0 saturated heterocycles. The fourth-order valence-electron chi connectivity index (χ4n) is 5.08. The molecule has 0 N–H and O–H groups in total. The van der Waals surface area contributed by atoms with Gasteiger partial charge in [0.15, 0.2) is 0 Å². The zero-order chi connectivity index (χ0) is 27.3. The summed E-state index contributed by atoms with van der Waals surface area (Å²) in [5.74, 6) is 0. The molecule has 0 fully saturated rings. The average Bonchev–Trinajstić information content (AvgIpc) is 3.05. The predicted molar refractivity (Wildman–Crippen MR) is 163 cm³/mol. The third-order valence-corrected chi connectivity index (χ3v) is 7.14. The second kappa shape index (κ2) is 11.0. The lowest BCUT2D eigenvalue weighted by Gasteiger charge is -2.11. The Kier molecular flexibility index (Phi) is 6.75. The van der Waals surface area contributed by atoms with Crippen molar-refractivity contribution in [3.63, 3.8) is 0 Å². The van der Waals surface area contributed by atoms with E-state index in [1.807, 2.05) is 66.7 Å². The van der Waals surface area contributed by atoms with Gasteiger partial charge in [-0.2, -0.15) is 10.5 Å². The van der Waals surface area contributed by atoms with Crippen molar-refractivity contribution < 1.29 is 0 Å². The lowest BCUT2D eigenvalue weighted by atomic mass is 9.92. The molecule has 0 bridgehead atoms. The second-order valence-electron chi connectivity index (χ2n) is 9.67. The van der Waals surface area contributed by atoms with Gasteiger partial charge in [0.05, 0.1) is 23.3 Å². The van der Waals surface area contributed by atoms with Gasteiger partial charge in [-0.3, -0.25) is 0 Å². The molecule has 40 heavy (non-hydrogen) atoms. The van der Waals surface area contributed by atoms with E-state index in [0.29, 0.717) is 11.1 Å². The molecule has 0 unspecified atom stereocenters. The maximum absolute atomic E-state index is 10.0. The largest absolute Gasteiger partial charge is 0.192 e. The van der Waals surface area contributed by atoms with Crippen molar-refractivity contribution in [1.82, 2.24) is 0 Å². The van der Waals surface area contributed by atoms with Crippen LogP contribution in [-0.2, 0) is 0 Å². The van der Waals surface area contributed by atoms with Crippen LogP contribution in [0.3, 0.4) is 0 Å². The highest BCUT2D eigenvalue weighted by atomic mass is 14.3. The lowest BCUT2D eigenvalue weighted by Crippen LogP contribution is -1.89. The molecule has 0 aliphatic rings. The summed E-state index contributed by atoms with van der Waals surface area (Å²) in [5.41, 5.74) is 11.6. The molecule has 0 radical (unpaired) electrons. The molecule has 0 atom stereocenters. The van der Waals surface area contributed by atoms with Crippen LogP contribution < -0.4 is 0 Å². The van der Waals surface area contributed by atoms with Gasteiger partial charge in [-0.1, -0.05) is 115 Å². The maximum Gasteiger partial charge on any atom is 0.0998 e. The Morgan fingerprint density at radius 1 is 0.325 bits per heavy atom. The number of nitrogens with zero attached hydrogens (tertiary/aromatic N) is 2. The van der Waals surface area contributed by atoms with Crippen LogP contribution in [0.15, 0.2) is 146 Å². The van der Waals surface area contributed by atoms with Crippen LogP contribution in [0.5, 0.6) is 0 Å². The van der Waals surface area contributed by atoms with Crippen LogP contribution in [0.2, 0.25) is 0 Å². The Hall–Kier alpha value is -5.70. The van der Waals surface area contributed by atoms with Crippen molar-refractivity contribution in [3.05, 3.63) is 157 Å². The first-order chi connectivity index (χ1) is 19.7. The van der Waals surface area contributed by atoms with E-state index in [0.717, 1.165) is 55.6 Å². The van der Waals surface area contributed by atoms with Crippen LogP contribution >= 0.6 is 0 Å². The fraction of sp³-hybridized carbons (Fsp3) is 0. The Balaban J connectivity index is 1.32. The van der Waals surface area contributed by atoms with Gasteiger partial charge in [-0.15, -0.1) is 0 Å². The molecule has 2 nitrogen and oxygen atoms in total. The zero-order valence-corrected chi connectivity index (χ0v) is 21.8. The summed E-state index contributed by atoms with van der Waals surface area (Å²) in [4.78, 5) is 0. The van der Waals surface area contributed by atoms with Gasteiger partial charge in [0.2, 0.25) is 0 Å². The highest BCUT2D eigenvalue weighted by Crippen LogP contribution is 2.33. The van der Waals surface area contributed by atoms with Crippen LogP contribution in [-0.4, -0.2) is 0 Å². The van der Waals surface area contributed by atoms with Crippen LogP contribution in [0.4, 0.5) is 0 Å². The minimum Gasteiger partial charge on any atom is -0.192 e. The average molecular weight is 509 g/mol. The van der Waals surface area contributed by atoms with E-state index in [2.05, 4.69) is 91.0 Å². The summed E-state index contributed by atoms with van der Waals surface area (Å²) < 4.78 is 0. The molecule has 0 aromatic heterocycles. The normalized spacial score (nSPS) is 10.4. The summed E-state index contributed by atoms with van der Waals surface area (Å²) in [6.07, 6.45) is 0. The lowest BCUT2D eigenvalue weighted by molar-refractivity contribution is 1.47. The SMILES string of the molecule is N#Cc1cc(-c2ccccc2)cc(-c2ccc(-c3ccc(-c4cccc(-c5ccccc5)c4)c(C#N)c3)cc2)c1. The summed E-state index contributed by atoms with van der Waals surface area (Å²) in [6, 6.07) is 53.7. The van der Waals surface area contributed by atoms with Gasteiger partial charge in [-0.05, 0) is 86.0 Å².